The number of hydrogen-bond donors (Lipinski definition) is 2. The van der Waals surface area contributed by atoms with Crippen LogP contribution in [0.3, 0.4) is 0 Å². The Morgan fingerprint density at radius 3 is 2.69 bits per heavy atom. The lowest BCUT2D eigenvalue weighted by molar-refractivity contribution is -0.120. The van der Waals surface area contributed by atoms with Gasteiger partial charge in [-0.1, -0.05) is 12.1 Å². The predicted octanol–water partition coefficient (Wildman–Crippen LogP) is 4.90. The normalized spacial score (nSPS) is 14.6. The number of halogens is 3. The topological polar surface area (TPSA) is 77.2 Å². The number of aryl methyl sites for hydroxylation is 1. The first-order valence-corrected chi connectivity index (χ1v) is 10.7. The summed E-state index contributed by atoms with van der Waals surface area (Å²) < 4.78 is 42.5. The lowest BCUT2D eigenvalue weighted by Gasteiger charge is -2.24. The molecule has 1 unspecified atom stereocenters. The number of nitrogens with zero attached hydrogens (tertiary/aromatic N) is 1. The van der Waals surface area contributed by atoms with Crippen LogP contribution in [0.15, 0.2) is 59.8 Å². The van der Waals surface area contributed by atoms with E-state index in [0.29, 0.717) is 17.1 Å². The SMILES string of the molecule is COc1cccc(F)c1F.NSc1cc(NC(=O)C2CCc3cc(F)ccc3C2)ccn1. The summed E-state index contributed by atoms with van der Waals surface area (Å²) in [4.78, 5) is 16.5. The van der Waals surface area contributed by atoms with Gasteiger partial charge in [-0.2, -0.15) is 4.39 Å². The van der Waals surface area contributed by atoms with Crippen LogP contribution >= 0.6 is 11.9 Å². The van der Waals surface area contributed by atoms with E-state index >= 15 is 0 Å². The Bertz CT molecular complexity index is 1100. The molecule has 0 spiro atoms. The Balaban J connectivity index is 0.000000243. The summed E-state index contributed by atoms with van der Waals surface area (Å²) in [6.45, 7) is 0. The third kappa shape index (κ3) is 6.02. The van der Waals surface area contributed by atoms with Crippen molar-refractivity contribution in [3.63, 3.8) is 0 Å². The van der Waals surface area contributed by atoms with Crippen molar-refractivity contribution in [3.8, 4) is 5.75 Å². The quantitative estimate of drug-likeness (QED) is 0.541. The molecule has 1 amide bonds. The molecule has 1 heterocycles. The number of pyridine rings is 1. The summed E-state index contributed by atoms with van der Waals surface area (Å²) in [5, 5.41) is 9.03. The van der Waals surface area contributed by atoms with E-state index < -0.39 is 11.6 Å². The highest BCUT2D eigenvalue weighted by molar-refractivity contribution is 7.97. The molecular weight excluding hydrogens is 439 g/mol. The van der Waals surface area contributed by atoms with Crippen molar-refractivity contribution in [3.05, 3.63) is 83.3 Å². The zero-order valence-electron chi connectivity index (χ0n) is 17.3. The average molecular weight is 462 g/mol. The molecule has 0 fully saturated rings. The Labute approximate surface area is 188 Å². The summed E-state index contributed by atoms with van der Waals surface area (Å²) in [5.74, 6) is -2.23. The maximum Gasteiger partial charge on any atom is 0.227 e. The molecule has 9 heteroatoms. The smallest absolute Gasteiger partial charge is 0.227 e. The van der Waals surface area contributed by atoms with E-state index in [1.165, 1.54) is 25.3 Å². The molecule has 0 bridgehead atoms. The fraction of sp³-hybridized carbons (Fsp3) is 0.217. The first kappa shape index (κ1) is 23.6. The van der Waals surface area contributed by atoms with Crippen molar-refractivity contribution in [2.45, 2.75) is 24.3 Å². The number of carbonyl (C=O) groups excluding carboxylic acids is 1. The van der Waals surface area contributed by atoms with Gasteiger partial charge in [0.1, 0.15) is 10.8 Å². The summed E-state index contributed by atoms with van der Waals surface area (Å²) in [7, 11) is 1.29. The van der Waals surface area contributed by atoms with Crippen molar-refractivity contribution >= 4 is 23.5 Å². The monoisotopic (exact) mass is 461 g/mol. The van der Waals surface area contributed by atoms with Gasteiger partial charge in [0, 0.05) is 17.8 Å². The molecule has 32 heavy (non-hydrogen) atoms. The van der Waals surface area contributed by atoms with E-state index in [2.05, 4.69) is 15.0 Å². The molecule has 0 saturated heterocycles. The first-order chi connectivity index (χ1) is 15.4. The largest absolute Gasteiger partial charge is 0.494 e. The van der Waals surface area contributed by atoms with Crippen molar-refractivity contribution < 1.29 is 22.7 Å². The zero-order chi connectivity index (χ0) is 23.1. The minimum atomic E-state index is -0.940. The number of hydrogen-bond acceptors (Lipinski definition) is 5. The molecule has 5 nitrogen and oxygen atoms in total. The van der Waals surface area contributed by atoms with Crippen molar-refractivity contribution in [2.24, 2.45) is 11.1 Å². The molecule has 1 aromatic heterocycles. The van der Waals surface area contributed by atoms with Gasteiger partial charge in [0.05, 0.1) is 7.11 Å². The van der Waals surface area contributed by atoms with E-state index in [4.69, 9.17) is 5.14 Å². The molecule has 4 rings (SSSR count). The van der Waals surface area contributed by atoms with E-state index in [0.717, 1.165) is 42.0 Å². The van der Waals surface area contributed by atoms with Gasteiger partial charge in [-0.15, -0.1) is 0 Å². The van der Waals surface area contributed by atoms with Gasteiger partial charge in [-0.05, 0) is 78.7 Å². The van der Waals surface area contributed by atoms with Crippen LogP contribution in [-0.2, 0) is 17.6 Å². The summed E-state index contributed by atoms with van der Waals surface area (Å²) in [6.07, 6.45) is 3.71. The number of nitrogens with two attached hydrogens (primary N) is 1. The minimum Gasteiger partial charge on any atom is -0.494 e. The van der Waals surface area contributed by atoms with Gasteiger partial charge in [0.15, 0.2) is 11.6 Å². The van der Waals surface area contributed by atoms with E-state index in [9.17, 15) is 18.0 Å². The Kier molecular flexibility index (Phi) is 8.13. The van der Waals surface area contributed by atoms with Crippen molar-refractivity contribution in [2.75, 3.05) is 12.4 Å². The highest BCUT2D eigenvalue weighted by Gasteiger charge is 2.25. The number of methoxy groups -OCH3 is 1. The number of benzene rings is 2. The van der Waals surface area contributed by atoms with Gasteiger partial charge < -0.3 is 10.1 Å². The molecule has 0 radical (unpaired) electrons. The van der Waals surface area contributed by atoms with E-state index in [-0.39, 0.29) is 23.4 Å². The molecule has 1 aliphatic carbocycles. The molecule has 2 aromatic carbocycles. The molecule has 168 valence electrons. The molecule has 0 saturated carbocycles. The predicted molar refractivity (Wildman–Crippen MR) is 118 cm³/mol. The highest BCUT2D eigenvalue weighted by Crippen LogP contribution is 2.27. The molecule has 3 N–H and O–H groups in total. The molecule has 0 aliphatic heterocycles. The van der Waals surface area contributed by atoms with Gasteiger partial charge >= 0.3 is 0 Å². The number of rotatable bonds is 4. The fourth-order valence-electron chi connectivity index (χ4n) is 3.39. The second-order valence-electron chi connectivity index (χ2n) is 7.10. The number of amides is 1. The molecular formula is C23H22F3N3O2S. The lowest BCUT2D eigenvalue weighted by atomic mass is 9.83. The maximum absolute atomic E-state index is 13.2. The number of carbonyl (C=O) groups is 1. The average Bonchev–Trinajstić information content (AvgIpc) is 2.81. The van der Waals surface area contributed by atoms with Gasteiger partial charge in [0.25, 0.3) is 0 Å². The maximum atomic E-state index is 13.2. The fourth-order valence-corrected chi connectivity index (χ4v) is 3.70. The molecule has 1 aliphatic rings. The minimum absolute atomic E-state index is 0.0193. The summed E-state index contributed by atoms with van der Waals surface area (Å²) in [6, 6.07) is 12.1. The van der Waals surface area contributed by atoms with Crippen LogP contribution in [0.1, 0.15) is 17.5 Å². The second kappa shape index (κ2) is 11.0. The van der Waals surface area contributed by atoms with Gasteiger partial charge in [-0.3, -0.25) is 9.93 Å². The Hall–Kier alpha value is -3.04. The highest BCUT2D eigenvalue weighted by atomic mass is 32.2. The second-order valence-corrected chi connectivity index (χ2v) is 7.75. The van der Waals surface area contributed by atoms with Gasteiger partial charge in [-0.25, -0.2) is 13.8 Å². The molecule has 1 atom stereocenters. The Morgan fingerprint density at radius 2 is 1.97 bits per heavy atom. The van der Waals surface area contributed by atoms with Crippen LogP contribution in [0.4, 0.5) is 18.9 Å². The van der Waals surface area contributed by atoms with Crippen LogP contribution in [-0.4, -0.2) is 18.0 Å². The lowest BCUT2D eigenvalue weighted by Crippen LogP contribution is -2.28. The molecule has 3 aromatic rings. The number of nitrogens with one attached hydrogen (secondary N) is 1. The third-order valence-corrected chi connectivity index (χ3v) is 5.49. The zero-order valence-corrected chi connectivity index (χ0v) is 18.1. The van der Waals surface area contributed by atoms with Gasteiger partial charge in [0.2, 0.25) is 11.7 Å². The van der Waals surface area contributed by atoms with Crippen molar-refractivity contribution in [1.29, 1.82) is 0 Å². The third-order valence-electron chi connectivity index (χ3n) is 5.03. The Morgan fingerprint density at radius 1 is 1.16 bits per heavy atom. The van der Waals surface area contributed by atoms with Crippen LogP contribution in [0.2, 0.25) is 0 Å². The number of aromatic nitrogens is 1. The number of fused-ring (bicyclic) bond motifs is 1. The van der Waals surface area contributed by atoms with E-state index in [1.807, 2.05) is 0 Å². The summed E-state index contributed by atoms with van der Waals surface area (Å²) in [5.41, 5.74) is 2.76. The number of ether oxygens (including phenoxy) is 1. The van der Waals surface area contributed by atoms with Crippen LogP contribution < -0.4 is 15.2 Å². The van der Waals surface area contributed by atoms with Crippen molar-refractivity contribution in [1.82, 2.24) is 4.98 Å². The standard InChI is InChI=1S/C16H16FN3OS.C7H6F2O/c17-13-4-3-10-7-12(2-1-11(10)8-13)16(21)20-14-5-6-19-15(9-14)22-18;1-10-6-4-2-3-5(8)7(6)9/h3-6,8-9,12H,1-2,7,18H2,(H,19,20,21);2-4H,1H3. The van der Waals surface area contributed by atoms with Crippen LogP contribution in [0, 0.1) is 23.4 Å². The summed E-state index contributed by atoms with van der Waals surface area (Å²) >= 11 is 1.04. The van der Waals surface area contributed by atoms with Crippen LogP contribution in [0.25, 0.3) is 0 Å². The van der Waals surface area contributed by atoms with Crippen LogP contribution in [0.5, 0.6) is 5.75 Å². The first-order valence-electron chi connectivity index (χ1n) is 9.80. The number of anilines is 1. The van der Waals surface area contributed by atoms with E-state index in [1.54, 1.807) is 30.5 Å².